The molecule has 2 atom stereocenters. The van der Waals surface area contributed by atoms with Crippen LogP contribution in [0.15, 0.2) is 48.5 Å². The van der Waals surface area contributed by atoms with Crippen LogP contribution in [-0.4, -0.2) is 54.9 Å². The molecule has 2 aliphatic heterocycles. The minimum atomic E-state index is -0.419. The monoisotopic (exact) mass is 463 g/mol. The van der Waals surface area contributed by atoms with Gasteiger partial charge in [-0.15, -0.1) is 0 Å². The summed E-state index contributed by atoms with van der Waals surface area (Å²) in [7, 11) is 1.61. The van der Waals surface area contributed by atoms with Gasteiger partial charge in [0.2, 0.25) is 11.8 Å². The Balaban J connectivity index is 1.48. The molecule has 2 aromatic rings. The molecule has 2 unspecified atom stereocenters. The summed E-state index contributed by atoms with van der Waals surface area (Å²) in [6, 6.07) is 15.3. The van der Waals surface area contributed by atoms with Crippen molar-refractivity contribution >= 4 is 17.5 Å². The molecule has 2 saturated heterocycles. The molecule has 0 aromatic heterocycles. The predicted octanol–water partition coefficient (Wildman–Crippen LogP) is 4.65. The minimum Gasteiger partial charge on any atom is -0.495 e. The first-order chi connectivity index (χ1) is 16.5. The summed E-state index contributed by atoms with van der Waals surface area (Å²) in [5.74, 6) is 1.51. The lowest BCUT2D eigenvalue weighted by atomic mass is 9.91. The van der Waals surface area contributed by atoms with Gasteiger partial charge < -0.3 is 15.0 Å². The Morgan fingerprint density at radius 2 is 1.76 bits per heavy atom. The second-order valence-electron chi connectivity index (χ2n) is 9.85. The molecule has 2 heterocycles. The van der Waals surface area contributed by atoms with Gasteiger partial charge in [0.25, 0.3) is 0 Å². The highest BCUT2D eigenvalue weighted by molar-refractivity contribution is 5.97. The van der Waals surface area contributed by atoms with E-state index in [2.05, 4.69) is 22.0 Å². The SMILES string of the molecule is COc1ccc(C)cc1NC(=O)C(c1ccccc1)N1CCC(C(=O)N2CCCC(C)C2)CC1. The number of hydrogen-bond acceptors (Lipinski definition) is 4. The van der Waals surface area contributed by atoms with Crippen molar-refractivity contribution in [3.05, 3.63) is 59.7 Å². The van der Waals surface area contributed by atoms with Crippen LogP contribution in [0.1, 0.15) is 49.8 Å². The van der Waals surface area contributed by atoms with Crippen LogP contribution in [0, 0.1) is 18.8 Å². The van der Waals surface area contributed by atoms with Crippen LogP contribution in [-0.2, 0) is 9.59 Å². The quantitative estimate of drug-likeness (QED) is 0.677. The van der Waals surface area contributed by atoms with Gasteiger partial charge in [-0.05, 0) is 74.9 Å². The Kier molecular flexibility index (Phi) is 7.88. The highest BCUT2D eigenvalue weighted by atomic mass is 16.5. The average Bonchev–Trinajstić information content (AvgIpc) is 2.85. The van der Waals surface area contributed by atoms with Gasteiger partial charge in [-0.25, -0.2) is 0 Å². The highest BCUT2D eigenvalue weighted by Crippen LogP contribution is 2.32. The lowest BCUT2D eigenvalue weighted by Crippen LogP contribution is -2.47. The standard InChI is InChI=1S/C28H37N3O3/c1-20-11-12-25(34-3)24(18-20)29-27(32)26(22-9-5-4-6-10-22)30-16-13-23(14-17-30)28(33)31-15-7-8-21(2)19-31/h4-6,9-12,18,21,23,26H,7-8,13-17,19H2,1-3H3,(H,29,32). The third-order valence-corrected chi connectivity index (χ3v) is 7.19. The van der Waals surface area contributed by atoms with Crippen LogP contribution in [0.4, 0.5) is 5.69 Å². The molecule has 1 N–H and O–H groups in total. The third-order valence-electron chi connectivity index (χ3n) is 7.19. The van der Waals surface area contributed by atoms with E-state index in [4.69, 9.17) is 4.74 Å². The second-order valence-corrected chi connectivity index (χ2v) is 9.85. The Bertz CT molecular complexity index is 986. The first-order valence-corrected chi connectivity index (χ1v) is 12.5. The number of nitrogens with one attached hydrogen (secondary N) is 1. The third kappa shape index (κ3) is 5.61. The number of amides is 2. The average molecular weight is 464 g/mol. The number of anilines is 1. The normalized spacial score (nSPS) is 20.6. The van der Waals surface area contributed by atoms with Crippen molar-refractivity contribution in [2.75, 3.05) is 38.6 Å². The molecule has 0 spiro atoms. The molecule has 2 aromatic carbocycles. The van der Waals surface area contributed by atoms with Crippen molar-refractivity contribution in [1.82, 2.24) is 9.80 Å². The maximum atomic E-state index is 13.6. The summed E-state index contributed by atoms with van der Waals surface area (Å²) in [6.45, 7) is 7.43. The van der Waals surface area contributed by atoms with E-state index in [1.807, 2.05) is 55.5 Å². The van der Waals surface area contributed by atoms with E-state index in [9.17, 15) is 9.59 Å². The zero-order valence-corrected chi connectivity index (χ0v) is 20.6. The van der Waals surface area contributed by atoms with E-state index in [1.165, 1.54) is 6.42 Å². The summed E-state index contributed by atoms with van der Waals surface area (Å²) in [5.41, 5.74) is 2.69. The number of hydrogen-bond donors (Lipinski definition) is 1. The second kappa shape index (κ2) is 11.0. The molecule has 0 saturated carbocycles. The number of carbonyl (C=O) groups excluding carboxylic acids is 2. The van der Waals surface area contributed by atoms with E-state index in [0.717, 1.165) is 56.6 Å². The van der Waals surface area contributed by atoms with Gasteiger partial charge in [0, 0.05) is 19.0 Å². The van der Waals surface area contributed by atoms with Crippen LogP contribution < -0.4 is 10.1 Å². The number of nitrogens with zero attached hydrogens (tertiary/aromatic N) is 2. The molecule has 0 bridgehead atoms. The fraction of sp³-hybridized carbons (Fsp3) is 0.500. The van der Waals surface area contributed by atoms with Crippen molar-refractivity contribution in [2.45, 2.75) is 45.6 Å². The molecule has 0 radical (unpaired) electrons. The summed E-state index contributed by atoms with van der Waals surface area (Å²) in [4.78, 5) is 31.0. The number of ether oxygens (including phenoxy) is 1. The molecule has 0 aliphatic carbocycles. The van der Waals surface area contributed by atoms with E-state index in [-0.39, 0.29) is 11.8 Å². The Labute approximate surface area is 203 Å². The van der Waals surface area contributed by atoms with Gasteiger partial charge >= 0.3 is 0 Å². The summed E-state index contributed by atoms with van der Waals surface area (Å²) in [5, 5.41) is 3.11. The number of carbonyl (C=O) groups is 2. The fourth-order valence-electron chi connectivity index (χ4n) is 5.34. The van der Waals surface area contributed by atoms with Gasteiger partial charge in [0.15, 0.2) is 0 Å². The topological polar surface area (TPSA) is 61.9 Å². The molecule has 4 rings (SSSR count). The van der Waals surface area contributed by atoms with Gasteiger partial charge in [0.05, 0.1) is 12.8 Å². The van der Waals surface area contributed by atoms with Crippen LogP contribution in [0.3, 0.4) is 0 Å². The summed E-state index contributed by atoms with van der Waals surface area (Å²) in [6.07, 6.45) is 3.88. The smallest absolute Gasteiger partial charge is 0.246 e. The molecule has 6 heteroatoms. The Morgan fingerprint density at radius 3 is 2.44 bits per heavy atom. The lowest BCUT2D eigenvalue weighted by Gasteiger charge is -2.39. The molecule has 182 valence electrons. The van der Waals surface area contributed by atoms with Crippen molar-refractivity contribution in [2.24, 2.45) is 11.8 Å². The van der Waals surface area contributed by atoms with Gasteiger partial charge in [-0.1, -0.05) is 43.3 Å². The number of rotatable bonds is 6. The van der Waals surface area contributed by atoms with E-state index >= 15 is 0 Å². The summed E-state index contributed by atoms with van der Waals surface area (Å²) < 4.78 is 5.47. The number of methoxy groups -OCH3 is 1. The highest BCUT2D eigenvalue weighted by Gasteiger charge is 2.35. The maximum Gasteiger partial charge on any atom is 0.246 e. The van der Waals surface area contributed by atoms with Crippen molar-refractivity contribution in [1.29, 1.82) is 0 Å². The van der Waals surface area contributed by atoms with E-state index in [1.54, 1.807) is 7.11 Å². The fourth-order valence-corrected chi connectivity index (χ4v) is 5.34. The number of benzene rings is 2. The molecule has 2 amide bonds. The number of piperidine rings is 2. The molecule has 2 aliphatic rings. The predicted molar refractivity (Wildman–Crippen MR) is 135 cm³/mol. The van der Waals surface area contributed by atoms with Gasteiger partial charge in [-0.3, -0.25) is 14.5 Å². The van der Waals surface area contributed by atoms with Crippen LogP contribution in [0.2, 0.25) is 0 Å². The Morgan fingerprint density at radius 1 is 1.03 bits per heavy atom. The van der Waals surface area contributed by atoms with Gasteiger partial charge in [0.1, 0.15) is 11.8 Å². The number of likely N-dealkylation sites (tertiary alicyclic amines) is 2. The number of aryl methyl sites for hydroxylation is 1. The largest absolute Gasteiger partial charge is 0.495 e. The molecular weight excluding hydrogens is 426 g/mol. The van der Waals surface area contributed by atoms with Crippen molar-refractivity contribution in [3.8, 4) is 5.75 Å². The zero-order chi connectivity index (χ0) is 24.1. The van der Waals surface area contributed by atoms with Crippen molar-refractivity contribution < 1.29 is 14.3 Å². The van der Waals surface area contributed by atoms with Crippen LogP contribution in [0.5, 0.6) is 5.75 Å². The zero-order valence-electron chi connectivity index (χ0n) is 20.6. The molecule has 6 nitrogen and oxygen atoms in total. The van der Waals surface area contributed by atoms with Crippen molar-refractivity contribution in [3.63, 3.8) is 0 Å². The maximum absolute atomic E-state index is 13.6. The first-order valence-electron chi connectivity index (χ1n) is 12.5. The van der Waals surface area contributed by atoms with Gasteiger partial charge in [-0.2, -0.15) is 0 Å². The van der Waals surface area contributed by atoms with E-state index < -0.39 is 6.04 Å². The first kappa shape index (κ1) is 24.3. The molecule has 34 heavy (non-hydrogen) atoms. The van der Waals surface area contributed by atoms with Crippen LogP contribution in [0.25, 0.3) is 0 Å². The minimum absolute atomic E-state index is 0.0536. The van der Waals surface area contributed by atoms with E-state index in [0.29, 0.717) is 23.3 Å². The summed E-state index contributed by atoms with van der Waals surface area (Å²) >= 11 is 0. The molecular formula is C28H37N3O3. The van der Waals surface area contributed by atoms with Crippen LogP contribution >= 0.6 is 0 Å². The Hall–Kier alpha value is -2.86. The lowest BCUT2D eigenvalue weighted by molar-refractivity contribution is -0.139. The molecule has 2 fully saturated rings.